The third-order valence-electron chi connectivity index (χ3n) is 6.53. The molecule has 39 heavy (non-hydrogen) atoms. The maximum absolute atomic E-state index is 15.5. The van der Waals surface area contributed by atoms with Crippen LogP contribution in [0, 0.1) is 23.3 Å². The summed E-state index contributed by atoms with van der Waals surface area (Å²) in [5, 5.41) is 3.19. The third-order valence-corrected chi connectivity index (χ3v) is 8.80. The van der Waals surface area contributed by atoms with Crippen molar-refractivity contribution in [3.05, 3.63) is 129 Å². The zero-order valence-electron chi connectivity index (χ0n) is 19.9. The van der Waals surface area contributed by atoms with Crippen LogP contribution in [-0.2, 0) is 0 Å². The summed E-state index contributed by atoms with van der Waals surface area (Å²) in [6.45, 7) is 0. The molecule has 0 spiro atoms. The van der Waals surface area contributed by atoms with Crippen molar-refractivity contribution >= 4 is 65.2 Å². The van der Waals surface area contributed by atoms with Crippen LogP contribution < -0.4 is 0 Å². The predicted molar refractivity (Wildman–Crippen MR) is 158 cm³/mol. The third kappa shape index (κ3) is 4.77. The van der Waals surface area contributed by atoms with Crippen LogP contribution >= 0.6 is 43.6 Å². The molecule has 0 aliphatic heterocycles. The monoisotopic (exact) mass is 666 g/mol. The van der Waals surface area contributed by atoms with E-state index in [1.165, 1.54) is 23.9 Å². The summed E-state index contributed by atoms with van der Waals surface area (Å²) in [7, 11) is 0. The second-order valence-corrected chi connectivity index (χ2v) is 11.7. The van der Waals surface area contributed by atoms with Crippen molar-refractivity contribution in [3.8, 4) is 22.3 Å². The van der Waals surface area contributed by atoms with Gasteiger partial charge in [0.2, 0.25) is 0 Å². The maximum atomic E-state index is 15.5. The average molecular weight is 668 g/mol. The van der Waals surface area contributed by atoms with Crippen LogP contribution in [0.15, 0.2) is 116 Å². The largest absolute Gasteiger partial charge is 0.207 e. The highest BCUT2D eigenvalue weighted by Crippen LogP contribution is 2.47. The molecule has 192 valence electrons. The fourth-order valence-electron chi connectivity index (χ4n) is 4.82. The van der Waals surface area contributed by atoms with Gasteiger partial charge in [0.05, 0.1) is 8.95 Å². The van der Waals surface area contributed by atoms with E-state index >= 15 is 8.78 Å². The Hall–Kier alpha value is -3.13. The van der Waals surface area contributed by atoms with Gasteiger partial charge >= 0.3 is 0 Å². The Morgan fingerprint density at radius 3 is 1.33 bits per heavy atom. The Kier molecular flexibility index (Phi) is 7.00. The van der Waals surface area contributed by atoms with Crippen LogP contribution in [0.4, 0.5) is 17.6 Å². The Bertz CT molecular complexity index is 1780. The quantitative estimate of drug-likeness (QED) is 0.133. The van der Waals surface area contributed by atoms with Crippen LogP contribution in [0.5, 0.6) is 0 Å². The molecule has 6 aromatic carbocycles. The SMILES string of the molecule is Fc1cc(Br)c(F)c(-c2c(Sc3ccc4ccccc4c3-c3cc(F)cc(Br)c3F)ccc3ccccc23)c1. The van der Waals surface area contributed by atoms with Crippen LogP contribution in [-0.4, -0.2) is 0 Å². The van der Waals surface area contributed by atoms with Crippen molar-refractivity contribution in [3.63, 3.8) is 0 Å². The van der Waals surface area contributed by atoms with Gasteiger partial charge in [-0.1, -0.05) is 72.4 Å². The zero-order chi connectivity index (χ0) is 27.3. The Morgan fingerprint density at radius 2 is 0.897 bits per heavy atom. The molecule has 0 N–H and O–H groups in total. The summed E-state index contributed by atoms with van der Waals surface area (Å²) < 4.78 is 60.1. The first kappa shape index (κ1) is 26.1. The molecule has 0 nitrogen and oxygen atoms in total. The fourth-order valence-corrected chi connectivity index (χ4v) is 6.84. The minimum atomic E-state index is -0.589. The van der Waals surface area contributed by atoms with Gasteiger partial charge in [0.1, 0.15) is 23.3 Å². The molecule has 0 aliphatic rings. The van der Waals surface area contributed by atoms with Crippen molar-refractivity contribution < 1.29 is 17.6 Å². The molecule has 0 saturated carbocycles. The van der Waals surface area contributed by atoms with Crippen molar-refractivity contribution in [2.45, 2.75) is 9.79 Å². The molecule has 6 rings (SSSR count). The molecule has 7 heteroatoms. The average Bonchev–Trinajstić information content (AvgIpc) is 2.93. The summed E-state index contributed by atoms with van der Waals surface area (Å²) in [6.07, 6.45) is 0. The first-order valence-electron chi connectivity index (χ1n) is 11.8. The van der Waals surface area contributed by atoms with E-state index in [1.54, 1.807) is 0 Å². The topological polar surface area (TPSA) is 0 Å². The minimum Gasteiger partial charge on any atom is -0.207 e. The number of benzene rings is 6. The number of rotatable bonds is 4. The summed E-state index contributed by atoms with van der Waals surface area (Å²) in [5.41, 5.74) is 1.22. The van der Waals surface area contributed by atoms with E-state index in [-0.39, 0.29) is 20.1 Å². The molecule has 0 bridgehead atoms. The minimum absolute atomic E-state index is 0.0134. The second kappa shape index (κ2) is 10.5. The molecular formula is C32H16Br2F4S. The smallest absolute Gasteiger partial charge is 0.145 e. The number of halogens is 6. The summed E-state index contributed by atoms with van der Waals surface area (Å²) in [4.78, 5) is 1.27. The first-order chi connectivity index (χ1) is 18.8. The van der Waals surface area contributed by atoms with Gasteiger partial charge in [-0.15, -0.1) is 0 Å². The molecule has 0 amide bonds. The summed E-state index contributed by atoms with van der Waals surface area (Å²) in [6, 6.07) is 27.0. The highest BCUT2D eigenvalue weighted by atomic mass is 79.9. The van der Waals surface area contributed by atoms with Gasteiger partial charge in [0.15, 0.2) is 0 Å². The van der Waals surface area contributed by atoms with E-state index in [1.807, 2.05) is 72.8 Å². The van der Waals surface area contributed by atoms with E-state index in [0.717, 1.165) is 33.7 Å². The van der Waals surface area contributed by atoms with Gasteiger partial charge in [0.25, 0.3) is 0 Å². The molecule has 0 heterocycles. The first-order valence-corrected chi connectivity index (χ1v) is 14.2. The molecule has 0 aromatic heterocycles. The van der Waals surface area contributed by atoms with E-state index in [4.69, 9.17) is 0 Å². The molecule has 0 saturated heterocycles. The molecule has 0 radical (unpaired) electrons. The van der Waals surface area contributed by atoms with Crippen molar-refractivity contribution in [2.24, 2.45) is 0 Å². The van der Waals surface area contributed by atoms with Gasteiger partial charge in [-0.25, -0.2) is 17.6 Å². The van der Waals surface area contributed by atoms with Gasteiger partial charge in [-0.05, 0) is 89.8 Å². The molecule has 0 unspecified atom stereocenters. The van der Waals surface area contributed by atoms with Crippen molar-refractivity contribution in [1.82, 2.24) is 0 Å². The van der Waals surface area contributed by atoms with Crippen LogP contribution in [0.25, 0.3) is 43.8 Å². The van der Waals surface area contributed by atoms with Gasteiger partial charge in [-0.2, -0.15) is 0 Å². The van der Waals surface area contributed by atoms with Gasteiger partial charge in [-0.3, -0.25) is 0 Å². The van der Waals surface area contributed by atoms with E-state index in [2.05, 4.69) is 31.9 Å². The number of hydrogen-bond donors (Lipinski definition) is 0. The zero-order valence-corrected chi connectivity index (χ0v) is 23.9. The lowest BCUT2D eigenvalue weighted by atomic mass is 9.97. The van der Waals surface area contributed by atoms with Gasteiger partial charge < -0.3 is 0 Å². The van der Waals surface area contributed by atoms with E-state index in [0.29, 0.717) is 20.9 Å². The highest BCUT2D eigenvalue weighted by Gasteiger charge is 2.22. The Morgan fingerprint density at radius 1 is 0.487 bits per heavy atom. The lowest BCUT2D eigenvalue weighted by Crippen LogP contribution is -1.95. The Balaban J connectivity index is 1.65. The molecule has 0 fully saturated rings. The number of fused-ring (bicyclic) bond motifs is 2. The highest BCUT2D eigenvalue weighted by molar-refractivity contribution is 9.10. The van der Waals surface area contributed by atoms with Crippen molar-refractivity contribution in [1.29, 1.82) is 0 Å². The molecular weight excluding hydrogens is 652 g/mol. The Labute approximate surface area is 242 Å². The lowest BCUT2D eigenvalue weighted by Gasteiger charge is -2.18. The lowest BCUT2D eigenvalue weighted by molar-refractivity contribution is 0.597. The van der Waals surface area contributed by atoms with E-state index < -0.39 is 23.3 Å². The predicted octanol–water partition coefficient (Wildman–Crippen LogP) is 11.6. The number of hydrogen-bond acceptors (Lipinski definition) is 1. The maximum Gasteiger partial charge on any atom is 0.145 e. The molecule has 6 aromatic rings. The van der Waals surface area contributed by atoms with Crippen LogP contribution in [0.2, 0.25) is 0 Å². The normalized spacial score (nSPS) is 11.4. The van der Waals surface area contributed by atoms with Crippen molar-refractivity contribution in [2.75, 3.05) is 0 Å². The van der Waals surface area contributed by atoms with Gasteiger partial charge in [0, 0.05) is 32.0 Å². The molecule has 0 aliphatic carbocycles. The van der Waals surface area contributed by atoms with Crippen LogP contribution in [0.1, 0.15) is 0 Å². The van der Waals surface area contributed by atoms with E-state index in [9.17, 15) is 8.78 Å². The molecule has 0 atom stereocenters. The summed E-state index contributed by atoms with van der Waals surface area (Å²) in [5.74, 6) is -2.35. The summed E-state index contributed by atoms with van der Waals surface area (Å²) >= 11 is 7.57. The fraction of sp³-hybridized carbons (Fsp3) is 0. The van der Waals surface area contributed by atoms with Crippen LogP contribution in [0.3, 0.4) is 0 Å². The second-order valence-electron chi connectivity index (χ2n) is 8.92. The standard InChI is InChI=1S/C32H16Br2F4S/c33-25-15-19(35)13-23(31(25)37)29-21-7-3-1-5-17(21)9-11-27(29)39-28-12-10-18-6-2-4-8-22(18)30(28)24-14-20(36)16-26(34)32(24)38/h1-16H.